The van der Waals surface area contributed by atoms with E-state index in [0.717, 1.165) is 17.5 Å². The maximum atomic E-state index is 12.9. The number of rotatable bonds is 5. The van der Waals surface area contributed by atoms with Crippen LogP contribution in [0.25, 0.3) is 5.57 Å². The lowest BCUT2D eigenvalue weighted by molar-refractivity contribution is -0.385. The van der Waals surface area contributed by atoms with Gasteiger partial charge in [-0.05, 0) is 29.7 Å². The summed E-state index contributed by atoms with van der Waals surface area (Å²) in [5.41, 5.74) is 0.217. The summed E-state index contributed by atoms with van der Waals surface area (Å²) < 4.78 is 43.9. The van der Waals surface area contributed by atoms with E-state index >= 15 is 0 Å². The highest BCUT2D eigenvalue weighted by Crippen LogP contribution is 2.38. The second-order valence-electron chi connectivity index (χ2n) is 6.88. The van der Waals surface area contributed by atoms with Gasteiger partial charge in [-0.15, -0.1) is 0 Å². The molecule has 1 aliphatic rings. The van der Waals surface area contributed by atoms with Gasteiger partial charge >= 0.3 is 17.7 Å². The van der Waals surface area contributed by atoms with Gasteiger partial charge in [0, 0.05) is 24.2 Å². The van der Waals surface area contributed by atoms with E-state index in [2.05, 4.69) is 19.9 Å². The minimum atomic E-state index is -4.73. The molecule has 2 aromatic heterocycles. The van der Waals surface area contributed by atoms with Gasteiger partial charge in [0.05, 0.1) is 4.92 Å². The number of hydrogen-bond donors (Lipinski definition) is 0. The SMILES string of the molecule is O=[N+]([O-])c1c(Oc2cc(C(F)(F)F)ncn2)ncnc1N1CC=C(c2ccc(Cl)cc2)CC1. The van der Waals surface area contributed by atoms with Gasteiger partial charge in [0.2, 0.25) is 11.7 Å². The molecule has 1 aromatic carbocycles. The van der Waals surface area contributed by atoms with E-state index in [-0.39, 0.29) is 5.82 Å². The second kappa shape index (κ2) is 8.98. The van der Waals surface area contributed by atoms with Crippen molar-refractivity contribution in [3.05, 3.63) is 75.5 Å². The molecule has 0 saturated carbocycles. The summed E-state index contributed by atoms with van der Waals surface area (Å²) in [7, 11) is 0. The molecular weight excluding hydrogens is 465 g/mol. The second-order valence-corrected chi connectivity index (χ2v) is 7.32. The summed E-state index contributed by atoms with van der Waals surface area (Å²) in [6, 6.07) is 7.87. The number of nitrogens with zero attached hydrogens (tertiary/aromatic N) is 6. The van der Waals surface area contributed by atoms with Gasteiger partial charge in [-0.2, -0.15) is 18.2 Å². The average Bonchev–Trinajstić information content (AvgIpc) is 2.79. The summed E-state index contributed by atoms with van der Waals surface area (Å²) in [6.07, 6.45) is -0.535. The van der Waals surface area contributed by atoms with E-state index < -0.39 is 34.2 Å². The molecule has 3 aromatic rings. The van der Waals surface area contributed by atoms with Crippen LogP contribution in [0, 0.1) is 10.1 Å². The van der Waals surface area contributed by atoms with Gasteiger partial charge in [-0.3, -0.25) is 10.1 Å². The highest BCUT2D eigenvalue weighted by molar-refractivity contribution is 6.30. The predicted molar refractivity (Wildman–Crippen MR) is 112 cm³/mol. The van der Waals surface area contributed by atoms with Gasteiger partial charge < -0.3 is 9.64 Å². The smallest absolute Gasteiger partial charge is 0.414 e. The molecule has 0 atom stereocenters. The molecule has 0 saturated heterocycles. The van der Waals surface area contributed by atoms with E-state index in [1.165, 1.54) is 0 Å². The average molecular weight is 479 g/mol. The minimum absolute atomic E-state index is 0.0125. The number of nitro groups is 1. The lowest BCUT2D eigenvalue weighted by Crippen LogP contribution is -2.30. The van der Waals surface area contributed by atoms with Crippen molar-refractivity contribution in [1.29, 1.82) is 0 Å². The first-order chi connectivity index (χ1) is 15.7. The van der Waals surface area contributed by atoms with Crippen LogP contribution in [0.5, 0.6) is 11.8 Å². The zero-order valence-corrected chi connectivity index (χ0v) is 17.4. The molecule has 0 unspecified atom stereocenters. The Hall–Kier alpha value is -3.80. The van der Waals surface area contributed by atoms with Gasteiger partial charge in [-0.25, -0.2) is 15.0 Å². The lowest BCUT2D eigenvalue weighted by Gasteiger charge is -2.27. The monoisotopic (exact) mass is 478 g/mol. The Balaban J connectivity index is 1.61. The maximum Gasteiger partial charge on any atom is 0.433 e. The molecule has 0 fully saturated rings. The van der Waals surface area contributed by atoms with Crippen LogP contribution in [0.15, 0.2) is 49.1 Å². The fraction of sp³-hybridized carbons (Fsp3) is 0.200. The van der Waals surface area contributed by atoms with E-state index in [9.17, 15) is 23.3 Å². The summed E-state index contributed by atoms with van der Waals surface area (Å²) >= 11 is 5.92. The van der Waals surface area contributed by atoms with Crippen molar-refractivity contribution >= 4 is 28.7 Å². The number of alkyl halides is 3. The predicted octanol–water partition coefficient (Wildman–Crippen LogP) is 4.93. The summed E-state index contributed by atoms with van der Waals surface area (Å²) in [6.45, 7) is 0.735. The maximum absolute atomic E-state index is 12.9. The molecule has 0 radical (unpaired) electrons. The Morgan fingerprint density at radius 3 is 2.45 bits per heavy atom. The third kappa shape index (κ3) is 5.00. The largest absolute Gasteiger partial charge is 0.433 e. The van der Waals surface area contributed by atoms with Crippen LogP contribution in [-0.2, 0) is 6.18 Å². The molecule has 0 spiro atoms. The van der Waals surface area contributed by atoms with E-state index in [4.69, 9.17) is 16.3 Å². The first kappa shape index (κ1) is 22.4. The van der Waals surface area contributed by atoms with Gasteiger partial charge in [0.25, 0.3) is 0 Å². The van der Waals surface area contributed by atoms with Crippen molar-refractivity contribution in [3.63, 3.8) is 0 Å². The van der Waals surface area contributed by atoms with Crippen LogP contribution in [0.2, 0.25) is 5.02 Å². The molecule has 33 heavy (non-hydrogen) atoms. The zero-order valence-electron chi connectivity index (χ0n) is 16.7. The van der Waals surface area contributed by atoms with Crippen LogP contribution >= 0.6 is 11.6 Å². The molecule has 9 nitrogen and oxygen atoms in total. The Kier molecular flexibility index (Phi) is 6.09. The molecule has 0 bridgehead atoms. The van der Waals surface area contributed by atoms with Gasteiger partial charge in [0.15, 0.2) is 5.69 Å². The standard InChI is InChI=1S/C20H14ClF3N6O3/c21-14-3-1-12(2-4-14)13-5-7-29(8-6-13)18-17(30(31)32)19(28-11-27-18)33-16-9-15(20(22,23)24)25-10-26-16/h1-5,9-11H,6-8H2. The first-order valence-electron chi connectivity index (χ1n) is 9.49. The van der Waals surface area contributed by atoms with Crippen LogP contribution in [0.4, 0.5) is 24.7 Å². The number of halogens is 4. The van der Waals surface area contributed by atoms with E-state index in [1.807, 2.05) is 18.2 Å². The fourth-order valence-corrected chi connectivity index (χ4v) is 3.38. The molecule has 0 amide bonds. The Bertz CT molecular complexity index is 1220. The van der Waals surface area contributed by atoms with Crippen molar-refractivity contribution in [1.82, 2.24) is 19.9 Å². The molecule has 13 heteroatoms. The normalized spacial score (nSPS) is 14.1. The van der Waals surface area contributed by atoms with E-state index in [0.29, 0.717) is 36.9 Å². The third-order valence-corrected chi connectivity index (χ3v) is 5.06. The van der Waals surface area contributed by atoms with Crippen molar-refractivity contribution < 1.29 is 22.8 Å². The molecular formula is C20H14ClF3N6O3. The molecule has 4 rings (SSSR count). The summed E-state index contributed by atoms with van der Waals surface area (Å²) in [5, 5.41) is 12.4. The van der Waals surface area contributed by atoms with Crippen molar-refractivity contribution in [3.8, 4) is 11.8 Å². The number of anilines is 1. The summed E-state index contributed by atoms with van der Waals surface area (Å²) in [4.78, 5) is 27.2. The quantitative estimate of drug-likeness (QED) is 0.375. The number of ether oxygens (including phenoxy) is 1. The highest BCUT2D eigenvalue weighted by Gasteiger charge is 2.34. The van der Waals surface area contributed by atoms with Crippen molar-refractivity contribution in [2.24, 2.45) is 0 Å². The van der Waals surface area contributed by atoms with Crippen LogP contribution in [-0.4, -0.2) is 37.9 Å². The van der Waals surface area contributed by atoms with Crippen LogP contribution in [0.3, 0.4) is 0 Å². The summed E-state index contributed by atoms with van der Waals surface area (Å²) in [5.74, 6) is -1.07. The van der Waals surface area contributed by atoms with Crippen LogP contribution in [0.1, 0.15) is 17.7 Å². The Morgan fingerprint density at radius 2 is 1.82 bits per heavy atom. The molecule has 1 aliphatic heterocycles. The fourth-order valence-electron chi connectivity index (χ4n) is 3.26. The van der Waals surface area contributed by atoms with E-state index in [1.54, 1.807) is 17.0 Å². The lowest BCUT2D eigenvalue weighted by atomic mass is 9.99. The highest BCUT2D eigenvalue weighted by atomic mass is 35.5. The number of benzene rings is 1. The molecule has 0 aliphatic carbocycles. The van der Waals surface area contributed by atoms with Crippen molar-refractivity contribution in [2.45, 2.75) is 12.6 Å². The number of aromatic nitrogens is 4. The van der Waals surface area contributed by atoms with Gasteiger partial charge in [0.1, 0.15) is 12.7 Å². The third-order valence-electron chi connectivity index (χ3n) is 4.81. The molecule has 170 valence electrons. The molecule has 0 N–H and O–H groups in total. The Morgan fingerprint density at radius 1 is 1.09 bits per heavy atom. The van der Waals surface area contributed by atoms with Crippen molar-refractivity contribution in [2.75, 3.05) is 18.0 Å². The topological polar surface area (TPSA) is 107 Å². The molecule has 3 heterocycles. The minimum Gasteiger partial charge on any atom is -0.414 e. The zero-order chi connectivity index (χ0) is 23.6. The van der Waals surface area contributed by atoms with Crippen LogP contribution < -0.4 is 9.64 Å². The Labute approximate surface area is 189 Å². The van der Waals surface area contributed by atoms with Gasteiger partial charge in [-0.1, -0.05) is 29.8 Å². The number of hydrogen-bond acceptors (Lipinski definition) is 8. The first-order valence-corrected chi connectivity index (χ1v) is 9.86.